The van der Waals surface area contributed by atoms with Gasteiger partial charge in [0.2, 0.25) is 0 Å². The zero-order valence-corrected chi connectivity index (χ0v) is 10.7. The zero-order chi connectivity index (χ0) is 12.2. The number of carbonyl (C=O) groups excluding carboxylic acids is 1. The number of nitrogens with one attached hydrogen (secondary N) is 1. The average Bonchev–Trinajstić information content (AvgIpc) is 2.28. The van der Waals surface area contributed by atoms with Crippen LogP contribution in [0.5, 0.6) is 0 Å². The summed E-state index contributed by atoms with van der Waals surface area (Å²) in [5.41, 5.74) is 0. The second kappa shape index (κ2) is 10.5. The average molecular weight is 228 g/mol. The molecule has 4 heteroatoms. The van der Waals surface area contributed by atoms with Crippen LogP contribution in [0.1, 0.15) is 52.4 Å². The molecular formula is C12H24N2O2. The minimum absolute atomic E-state index is 0.367. The van der Waals surface area contributed by atoms with E-state index in [0.717, 1.165) is 6.42 Å². The van der Waals surface area contributed by atoms with Gasteiger partial charge in [0.05, 0.1) is 0 Å². The number of hydrogen-bond donors (Lipinski definition) is 1. The Morgan fingerprint density at radius 1 is 1.38 bits per heavy atom. The standard InChI is InChI=1S/C12H24N2O2/c1-4-5-6-7-8-9-11(2)10-14-16-12(15)13-3/h10-11H,4-9H2,1-3H3,(H,13,15)/b14-10+. The van der Waals surface area contributed by atoms with Gasteiger partial charge in [-0.05, 0) is 12.3 Å². The molecule has 1 atom stereocenters. The number of rotatable bonds is 8. The van der Waals surface area contributed by atoms with Gasteiger partial charge in [-0.2, -0.15) is 0 Å². The molecule has 0 saturated heterocycles. The van der Waals surface area contributed by atoms with Crippen molar-refractivity contribution in [3.8, 4) is 0 Å². The second-order valence-electron chi connectivity index (χ2n) is 4.06. The first-order valence-corrected chi connectivity index (χ1v) is 6.13. The topological polar surface area (TPSA) is 50.7 Å². The lowest BCUT2D eigenvalue weighted by molar-refractivity contribution is 0.153. The summed E-state index contributed by atoms with van der Waals surface area (Å²) in [7, 11) is 1.51. The molecule has 0 bridgehead atoms. The Hall–Kier alpha value is -1.06. The molecule has 0 aromatic heterocycles. The molecule has 0 radical (unpaired) electrons. The minimum Gasteiger partial charge on any atom is -0.323 e. The lowest BCUT2D eigenvalue weighted by Crippen LogP contribution is -2.16. The Morgan fingerprint density at radius 2 is 2.06 bits per heavy atom. The molecule has 0 aromatic rings. The van der Waals surface area contributed by atoms with Crippen molar-refractivity contribution in [2.24, 2.45) is 11.1 Å². The highest BCUT2D eigenvalue weighted by atomic mass is 16.7. The van der Waals surface area contributed by atoms with E-state index in [9.17, 15) is 4.79 Å². The van der Waals surface area contributed by atoms with Crippen molar-refractivity contribution < 1.29 is 9.63 Å². The van der Waals surface area contributed by atoms with Crippen LogP contribution >= 0.6 is 0 Å². The highest BCUT2D eigenvalue weighted by molar-refractivity contribution is 5.68. The SMILES string of the molecule is CCCCCCCC(C)/C=N/OC(=O)NC. The molecule has 94 valence electrons. The van der Waals surface area contributed by atoms with Crippen molar-refractivity contribution in [1.82, 2.24) is 5.32 Å². The molecule has 16 heavy (non-hydrogen) atoms. The van der Waals surface area contributed by atoms with Gasteiger partial charge in [0, 0.05) is 13.3 Å². The van der Waals surface area contributed by atoms with Crippen molar-refractivity contribution in [1.29, 1.82) is 0 Å². The van der Waals surface area contributed by atoms with E-state index in [-0.39, 0.29) is 0 Å². The Kier molecular flexibility index (Phi) is 9.76. The Bertz CT molecular complexity index is 205. The largest absolute Gasteiger partial charge is 0.433 e. The molecule has 0 spiro atoms. The number of oxime groups is 1. The molecule has 0 aliphatic heterocycles. The lowest BCUT2D eigenvalue weighted by Gasteiger charge is -2.04. The van der Waals surface area contributed by atoms with Crippen molar-refractivity contribution in [3.63, 3.8) is 0 Å². The van der Waals surface area contributed by atoms with Gasteiger partial charge in [0.1, 0.15) is 0 Å². The van der Waals surface area contributed by atoms with Gasteiger partial charge in [-0.15, -0.1) is 0 Å². The van der Waals surface area contributed by atoms with Crippen molar-refractivity contribution >= 4 is 12.3 Å². The predicted octanol–water partition coefficient (Wildman–Crippen LogP) is 3.32. The van der Waals surface area contributed by atoms with Crippen molar-refractivity contribution in [3.05, 3.63) is 0 Å². The Labute approximate surface area is 98.4 Å². The number of carbonyl (C=O) groups is 1. The third-order valence-electron chi connectivity index (χ3n) is 2.42. The monoisotopic (exact) mass is 228 g/mol. The van der Waals surface area contributed by atoms with E-state index < -0.39 is 6.09 Å². The normalized spacial score (nSPS) is 12.7. The summed E-state index contributed by atoms with van der Waals surface area (Å²) in [4.78, 5) is 15.2. The molecule has 0 rings (SSSR count). The summed E-state index contributed by atoms with van der Waals surface area (Å²) in [6.45, 7) is 4.29. The fourth-order valence-corrected chi connectivity index (χ4v) is 1.37. The van der Waals surface area contributed by atoms with Crippen LogP contribution in [0.4, 0.5) is 4.79 Å². The minimum atomic E-state index is -0.522. The summed E-state index contributed by atoms with van der Waals surface area (Å²) in [6, 6.07) is 0. The van der Waals surface area contributed by atoms with Crippen molar-refractivity contribution in [2.45, 2.75) is 52.4 Å². The maximum atomic E-state index is 10.7. The van der Waals surface area contributed by atoms with E-state index >= 15 is 0 Å². The maximum Gasteiger partial charge on any atom is 0.433 e. The molecule has 1 N–H and O–H groups in total. The maximum absolute atomic E-state index is 10.7. The molecule has 1 unspecified atom stereocenters. The van der Waals surface area contributed by atoms with Gasteiger partial charge in [-0.1, -0.05) is 51.1 Å². The first kappa shape index (κ1) is 14.9. The van der Waals surface area contributed by atoms with Crippen LogP contribution in [0.25, 0.3) is 0 Å². The second-order valence-corrected chi connectivity index (χ2v) is 4.06. The van der Waals surface area contributed by atoms with Crippen LogP contribution in [0.3, 0.4) is 0 Å². The fourth-order valence-electron chi connectivity index (χ4n) is 1.37. The lowest BCUT2D eigenvalue weighted by atomic mass is 10.0. The van der Waals surface area contributed by atoms with Crippen LogP contribution in [0.2, 0.25) is 0 Å². The fraction of sp³-hybridized carbons (Fsp3) is 0.833. The van der Waals surface area contributed by atoms with Crippen LogP contribution in [-0.4, -0.2) is 19.4 Å². The van der Waals surface area contributed by atoms with Gasteiger partial charge >= 0.3 is 6.09 Å². The van der Waals surface area contributed by atoms with E-state index in [4.69, 9.17) is 0 Å². The van der Waals surface area contributed by atoms with E-state index in [0.29, 0.717) is 5.92 Å². The first-order valence-electron chi connectivity index (χ1n) is 6.13. The van der Waals surface area contributed by atoms with Crippen molar-refractivity contribution in [2.75, 3.05) is 7.05 Å². The molecule has 0 saturated carbocycles. The smallest absolute Gasteiger partial charge is 0.323 e. The van der Waals surface area contributed by atoms with E-state index in [1.54, 1.807) is 6.21 Å². The molecule has 0 heterocycles. The molecule has 1 amide bonds. The molecular weight excluding hydrogens is 204 g/mol. The molecule has 0 aliphatic carbocycles. The summed E-state index contributed by atoms with van der Waals surface area (Å²) in [5.74, 6) is 0.367. The van der Waals surface area contributed by atoms with E-state index in [1.165, 1.54) is 39.2 Å². The quantitative estimate of drug-likeness (QED) is 0.300. The van der Waals surface area contributed by atoms with Gasteiger partial charge in [-0.25, -0.2) is 4.79 Å². The molecule has 4 nitrogen and oxygen atoms in total. The third kappa shape index (κ3) is 9.49. The number of hydrogen-bond acceptors (Lipinski definition) is 3. The predicted molar refractivity (Wildman–Crippen MR) is 66.6 cm³/mol. The Balaban J connectivity index is 3.43. The van der Waals surface area contributed by atoms with Crippen LogP contribution in [0.15, 0.2) is 5.16 Å². The Morgan fingerprint density at radius 3 is 2.69 bits per heavy atom. The summed E-state index contributed by atoms with van der Waals surface area (Å²) in [5, 5.41) is 5.95. The zero-order valence-electron chi connectivity index (χ0n) is 10.7. The molecule has 0 aromatic carbocycles. The van der Waals surface area contributed by atoms with E-state index in [2.05, 4.69) is 29.2 Å². The molecule has 0 fully saturated rings. The highest BCUT2D eigenvalue weighted by Gasteiger charge is 1.99. The van der Waals surface area contributed by atoms with Crippen LogP contribution in [-0.2, 0) is 4.84 Å². The number of amides is 1. The summed E-state index contributed by atoms with van der Waals surface area (Å²) in [6.07, 6.45) is 8.68. The van der Waals surface area contributed by atoms with Gasteiger partial charge in [-0.3, -0.25) is 4.84 Å². The molecule has 0 aliphatic rings. The van der Waals surface area contributed by atoms with Crippen LogP contribution in [0, 0.1) is 5.92 Å². The van der Waals surface area contributed by atoms with Gasteiger partial charge in [0.15, 0.2) is 0 Å². The van der Waals surface area contributed by atoms with Crippen LogP contribution < -0.4 is 5.32 Å². The number of nitrogens with zero attached hydrogens (tertiary/aromatic N) is 1. The first-order chi connectivity index (χ1) is 7.70. The highest BCUT2D eigenvalue weighted by Crippen LogP contribution is 2.09. The number of unbranched alkanes of at least 4 members (excludes halogenated alkanes) is 4. The third-order valence-corrected chi connectivity index (χ3v) is 2.42. The van der Waals surface area contributed by atoms with Gasteiger partial charge in [0.25, 0.3) is 0 Å². The van der Waals surface area contributed by atoms with Gasteiger partial charge < -0.3 is 5.32 Å². The summed E-state index contributed by atoms with van der Waals surface area (Å²) < 4.78 is 0. The summed E-state index contributed by atoms with van der Waals surface area (Å²) >= 11 is 0. The van der Waals surface area contributed by atoms with E-state index in [1.807, 2.05) is 0 Å².